The van der Waals surface area contributed by atoms with Gasteiger partial charge in [-0.15, -0.1) is 0 Å². The average molecular weight is 423 g/mol. The molecule has 158 valence electrons. The Morgan fingerprint density at radius 3 is 2.66 bits per heavy atom. The van der Waals surface area contributed by atoms with Crippen molar-refractivity contribution in [3.8, 4) is 5.82 Å². The van der Waals surface area contributed by atoms with Crippen molar-refractivity contribution in [2.45, 2.75) is 6.54 Å². The van der Waals surface area contributed by atoms with Gasteiger partial charge >= 0.3 is 0 Å². The highest BCUT2D eigenvalue weighted by atomic mass is 16.2. The Balaban J connectivity index is 1.57. The number of nitrogens with zero attached hydrogens (tertiary/aromatic N) is 6. The molecular formula is C24H21N7O. The van der Waals surface area contributed by atoms with Crippen LogP contribution >= 0.6 is 0 Å². The number of rotatable bonds is 6. The Morgan fingerprint density at radius 1 is 1.06 bits per heavy atom. The minimum atomic E-state index is -0.182. The van der Waals surface area contributed by atoms with Gasteiger partial charge in [-0.3, -0.25) is 9.36 Å². The number of anilines is 2. The van der Waals surface area contributed by atoms with Crippen LogP contribution in [0.25, 0.3) is 27.8 Å². The van der Waals surface area contributed by atoms with E-state index in [4.69, 9.17) is 10.8 Å². The SMILES string of the molecule is C=CC(=O)N(CCn1nc(-n2ccc3ccccc32)c2c(N)ncnc21)c1ccccc1. The van der Waals surface area contributed by atoms with Gasteiger partial charge in [-0.2, -0.15) is 5.10 Å². The number of para-hydroxylation sites is 2. The van der Waals surface area contributed by atoms with Gasteiger partial charge in [0, 0.05) is 18.4 Å². The van der Waals surface area contributed by atoms with Crippen LogP contribution in [0.4, 0.5) is 11.5 Å². The molecule has 0 bridgehead atoms. The van der Waals surface area contributed by atoms with Crippen molar-refractivity contribution in [2.75, 3.05) is 17.2 Å². The maximum atomic E-state index is 12.5. The van der Waals surface area contributed by atoms with E-state index in [9.17, 15) is 4.79 Å². The maximum Gasteiger partial charge on any atom is 0.250 e. The van der Waals surface area contributed by atoms with Gasteiger partial charge < -0.3 is 10.6 Å². The fraction of sp³-hybridized carbons (Fsp3) is 0.0833. The largest absolute Gasteiger partial charge is 0.383 e. The van der Waals surface area contributed by atoms with Gasteiger partial charge in [0.05, 0.1) is 12.1 Å². The number of hydrogen-bond donors (Lipinski definition) is 1. The number of aromatic nitrogens is 5. The number of carbonyl (C=O) groups is 1. The zero-order valence-electron chi connectivity index (χ0n) is 17.3. The molecule has 0 saturated heterocycles. The zero-order chi connectivity index (χ0) is 22.1. The summed E-state index contributed by atoms with van der Waals surface area (Å²) >= 11 is 0. The van der Waals surface area contributed by atoms with Gasteiger partial charge in [-0.25, -0.2) is 14.6 Å². The van der Waals surface area contributed by atoms with Crippen molar-refractivity contribution in [1.82, 2.24) is 24.3 Å². The minimum absolute atomic E-state index is 0.182. The van der Waals surface area contributed by atoms with Gasteiger partial charge in [0.15, 0.2) is 11.5 Å². The van der Waals surface area contributed by atoms with Crippen molar-refractivity contribution >= 4 is 39.3 Å². The van der Waals surface area contributed by atoms with E-state index in [0.717, 1.165) is 16.6 Å². The second kappa shape index (κ2) is 7.99. The third-order valence-corrected chi connectivity index (χ3v) is 5.41. The molecule has 0 atom stereocenters. The third kappa shape index (κ3) is 3.27. The van der Waals surface area contributed by atoms with Gasteiger partial charge in [0.2, 0.25) is 5.91 Å². The lowest BCUT2D eigenvalue weighted by Crippen LogP contribution is -2.32. The second-order valence-electron chi connectivity index (χ2n) is 7.28. The first-order chi connectivity index (χ1) is 15.7. The lowest BCUT2D eigenvalue weighted by molar-refractivity contribution is -0.114. The number of carbonyl (C=O) groups excluding carboxylic acids is 1. The fourth-order valence-electron chi connectivity index (χ4n) is 3.88. The Hall–Kier alpha value is -4.46. The lowest BCUT2D eigenvalue weighted by Gasteiger charge is -2.21. The van der Waals surface area contributed by atoms with Crippen LogP contribution in [0.5, 0.6) is 0 Å². The van der Waals surface area contributed by atoms with Crippen LogP contribution in [-0.2, 0) is 11.3 Å². The monoisotopic (exact) mass is 423 g/mol. The highest BCUT2D eigenvalue weighted by Crippen LogP contribution is 2.28. The van der Waals surface area contributed by atoms with Crippen molar-refractivity contribution in [2.24, 2.45) is 0 Å². The smallest absolute Gasteiger partial charge is 0.250 e. The van der Waals surface area contributed by atoms with E-state index >= 15 is 0 Å². The van der Waals surface area contributed by atoms with Gasteiger partial charge in [-0.1, -0.05) is 43.0 Å². The summed E-state index contributed by atoms with van der Waals surface area (Å²) in [6, 6.07) is 19.6. The van der Waals surface area contributed by atoms with Crippen molar-refractivity contribution in [3.05, 3.63) is 85.8 Å². The third-order valence-electron chi connectivity index (χ3n) is 5.41. The van der Waals surface area contributed by atoms with Crippen LogP contribution in [0.15, 0.2) is 85.8 Å². The van der Waals surface area contributed by atoms with Crippen molar-refractivity contribution < 1.29 is 4.79 Å². The Labute approximate surface area is 184 Å². The summed E-state index contributed by atoms with van der Waals surface area (Å²) in [5.74, 6) is 0.829. The van der Waals surface area contributed by atoms with E-state index in [-0.39, 0.29) is 5.91 Å². The lowest BCUT2D eigenvalue weighted by atomic mass is 10.2. The Kier molecular flexibility index (Phi) is 4.87. The standard InChI is InChI=1S/C24H21N7O/c1-2-20(32)29(18-9-4-3-5-10-18)14-15-31-23-21(22(25)26-16-27-23)24(28-31)30-13-12-17-8-6-7-11-19(17)30/h2-13,16H,1,14-15H2,(H2,25,26,27). The molecule has 0 radical (unpaired) electrons. The van der Waals surface area contributed by atoms with Gasteiger partial charge in [0.1, 0.15) is 17.5 Å². The number of hydrogen-bond acceptors (Lipinski definition) is 5. The van der Waals surface area contributed by atoms with Crippen LogP contribution in [0, 0.1) is 0 Å². The molecule has 1 amide bonds. The number of benzene rings is 2. The fourth-order valence-corrected chi connectivity index (χ4v) is 3.88. The number of nitrogen functional groups attached to an aromatic ring is 1. The summed E-state index contributed by atoms with van der Waals surface area (Å²) in [5.41, 5.74) is 8.66. The number of nitrogens with two attached hydrogens (primary N) is 1. The molecule has 8 nitrogen and oxygen atoms in total. The molecule has 0 unspecified atom stereocenters. The van der Waals surface area contributed by atoms with Crippen LogP contribution < -0.4 is 10.6 Å². The molecule has 8 heteroatoms. The Morgan fingerprint density at radius 2 is 1.84 bits per heavy atom. The van der Waals surface area contributed by atoms with Gasteiger partial charge in [0.25, 0.3) is 0 Å². The molecular weight excluding hydrogens is 402 g/mol. The number of amides is 1. The molecule has 3 heterocycles. The topological polar surface area (TPSA) is 94.9 Å². The summed E-state index contributed by atoms with van der Waals surface area (Å²) < 4.78 is 3.75. The first-order valence-electron chi connectivity index (χ1n) is 10.2. The van der Waals surface area contributed by atoms with E-state index in [1.54, 1.807) is 9.58 Å². The van der Waals surface area contributed by atoms with Crippen molar-refractivity contribution in [3.63, 3.8) is 0 Å². The summed E-state index contributed by atoms with van der Waals surface area (Å²) in [6.45, 7) is 4.44. The highest BCUT2D eigenvalue weighted by Gasteiger charge is 2.20. The average Bonchev–Trinajstić information content (AvgIpc) is 3.42. The normalized spacial score (nSPS) is 11.1. The van der Waals surface area contributed by atoms with E-state index in [0.29, 0.717) is 35.8 Å². The molecule has 5 aromatic rings. The van der Waals surface area contributed by atoms with Crippen LogP contribution in [-0.4, -0.2) is 36.8 Å². The molecule has 3 aromatic heterocycles. The van der Waals surface area contributed by atoms with Crippen LogP contribution in [0.1, 0.15) is 0 Å². The maximum absolute atomic E-state index is 12.5. The van der Waals surface area contributed by atoms with Crippen LogP contribution in [0.3, 0.4) is 0 Å². The van der Waals surface area contributed by atoms with E-state index in [1.165, 1.54) is 12.4 Å². The summed E-state index contributed by atoms with van der Waals surface area (Å²) in [5, 5.41) is 6.60. The molecule has 32 heavy (non-hydrogen) atoms. The van der Waals surface area contributed by atoms with Crippen molar-refractivity contribution in [1.29, 1.82) is 0 Å². The molecule has 0 saturated carbocycles. The predicted octanol–water partition coefficient (Wildman–Crippen LogP) is 3.57. The van der Waals surface area contributed by atoms with Crippen LogP contribution in [0.2, 0.25) is 0 Å². The molecule has 0 aliphatic rings. The molecule has 0 fully saturated rings. The number of fused-ring (bicyclic) bond motifs is 2. The molecule has 0 spiro atoms. The van der Waals surface area contributed by atoms with Gasteiger partial charge in [-0.05, 0) is 35.7 Å². The predicted molar refractivity (Wildman–Crippen MR) is 126 cm³/mol. The molecule has 2 aromatic carbocycles. The van der Waals surface area contributed by atoms with E-state index < -0.39 is 0 Å². The molecule has 0 aliphatic carbocycles. The minimum Gasteiger partial charge on any atom is -0.383 e. The highest BCUT2D eigenvalue weighted by molar-refractivity contribution is 6.01. The van der Waals surface area contributed by atoms with E-state index in [1.807, 2.05) is 71.4 Å². The zero-order valence-corrected chi connectivity index (χ0v) is 17.3. The first kappa shape index (κ1) is 19.5. The summed E-state index contributed by atoms with van der Waals surface area (Å²) in [7, 11) is 0. The molecule has 5 rings (SSSR count). The summed E-state index contributed by atoms with van der Waals surface area (Å²) in [4.78, 5) is 22.8. The molecule has 0 aliphatic heterocycles. The van der Waals surface area contributed by atoms with E-state index in [2.05, 4.69) is 16.5 Å². The summed E-state index contributed by atoms with van der Waals surface area (Å²) in [6.07, 6.45) is 4.70. The molecule has 2 N–H and O–H groups in total. The first-order valence-corrected chi connectivity index (χ1v) is 10.2. The quantitative estimate of drug-likeness (QED) is 0.421. The Bertz CT molecular complexity index is 1440. The second-order valence-corrected chi connectivity index (χ2v) is 7.28.